The van der Waals surface area contributed by atoms with Crippen LogP contribution >= 0.6 is 0 Å². The summed E-state index contributed by atoms with van der Waals surface area (Å²) in [7, 11) is 0. The number of carbonyl (C=O) groups is 1. The molecule has 92 valence electrons. The lowest BCUT2D eigenvalue weighted by atomic mass is 10.1. The fourth-order valence-electron chi connectivity index (χ4n) is 1.69. The van der Waals surface area contributed by atoms with E-state index in [1.165, 1.54) is 5.56 Å². The smallest absolute Gasteiger partial charge is 0.255 e. The highest BCUT2D eigenvalue weighted by atomic mass is 16.1. The number of nitrogens with one attached hydrogen (secondary N) is 1. The molecule has 3 N–H and O–H groups in total. The summed E-state index contributed by atoms with van der Waals surface area (Å²) in [6, 6.07) is 12.9. The van der Waals surface area contributed by atoms with Crippen molar-refractivity contribution in [2.75, 3.05) is 11.1 Å². The van der Waals surface area contributed by atoms with Gasteiger partial charge in [0.25, 0.3) is 5.91 Å². The molecule has 0 aliphatic rings. The van der Waals surface area contributed by atoms with Crippen LogP contribution in [0.1, 0.15) is 21.5 Å². The van der Waals surface area contributed by atoms with Crippen molar-refractivity contribution in [3.63, 3.8) is 0 Å². The number of nitrogens with two attached hydrogens (primary N) is 1. The van der Waals surface area contributed by atoms with E-state index in [-0.39, 0.29) is 5.91 Å². The third kappa shape index (κ3) is 2.51. The Morgan fingerprint density at radius 1 is 1.06 bits per heavy atom. The summed E-state index contributed by atoms with van der Waals surface area (Å²) in [4.78, 5) is 12.1. The van der Waals surface area contributed by atoms with Crippen LogP contribution in [-0.4, -0.2) is 5.91 Å². The Morgan fingerprint density at radius 2 is 1.78 bits per heavy atom. The molecule has 2 aromatic carbocycles. The summed E-state index contributed by atoms with van der Waals surface area (Å²) in [6.45, 7) is 4.01. The zero-order valence-electron chi connectivity index (χ0n) is 10.5. The summed E-state index contributed by atoms with van der Waals surface area (Å²) >= 11 is 0. The van der Waals surface area contributed by atoms with Crippen LogP contribution in [-0.2, 0) is 0 Å². The number of carbonyl (C=O) groups excluding carboxylic acids is 1. The van der Waals surface area contributed by atoms with Crippen LogP contribution in [0.5, 0.6) is 0 Å². The number of rotatable bonds is 2. The van der Waals surface area contributed by atoms with Crippen LogP contribution < -0.4 is 11.1 Å². The number of benzene rings is 2. The van der Waals surface area contributed by atoms with Crippen LogP contribution in [0.4, 0.5) is 11.4 Å². The van der Waals surface area contributed by atoms with Crippen molar-refractivity contribution in [3.05, 3.63) is 59.2 Å². The van der Waals surface area contributed by atoms with Crippen molar-refractivity contribution >= 4 is 17.3 Å². The average Bonchev–Trinajstić information content (AvgIpc) is 2.35. The Hall–Kier alpha value is -2.29. The fraction of sp³-hybridized carbons (Fsp3) is 0.133. The SMILES string of the molecule is Cc1ccc(C(=O)Nc2ccccc2N)cc1C. The van der Waals surface area contributed by atoms with Gasteiger partial charge in [-0.1, -0.05) is 18.2 Å². The Bertz CT molecular complexity index is 591. The van der Waals surface area contributed by atoms with E-state index in [2.05, 4.69) is 5.32 Å². The molecular weight excluding hydrogens is 224 g/mol. The minimum atomic E-state index is -0.143. The van der Waals surface area contributed by atoms with Gasteiger partial charge in [-0.15, -0.1) is 0 Å². The number of anilines is 2. The second-order valence-electron chi connectivity index (χ2n) is 4.34. The molecule has 18 heavy (non-hydrogen) atoms. The predicted octanol–water partition coefficient (Wildman–Crippen LogP) is 3.14. The topological polar surface area (TPSA) is 55.1 Å². The van der Waals surface area contributed by atoms with Gasteiger partial charge in [-0.25, -0.2) is 0 Å². The molecule has 0 aliphatic heterocycles. The van der Waals surface area contributed by atoms with E-state index in [9.17, 15) is 4.79 Å². The lowest BCUT2D eigenvalue weighted by Crippen LogP contribution is -2.13. The van der Waals surface area contributed by atoms with Gasteiger partial charge >= 0.3 is 0 Å². The molecule has 0 unspecified atom stereocenters. The van der Waals surface area contributed by atoms with Gasteiger partial charge < -0.3 is 11.1 Å². The molecule has 3 heteroatoms. The Morgan fingerprint density at radius 3 is 2.44 bits per heavy atom. The number of para-hydroxylation sites is 2. The van der Waals surface area contributed by atoms with Crippen molar-refractivity contribution < 1.29 is 4.79 Å². The lowest BCUT2D eigenvalue weighted by Gasteiger charge is -2.09. The van der Waals surface area contributed by atoms with Gasteiger partial charge in [0.1, 0.15) is 0 Å². The molecule has 2 rings (SSSR count). The zero-order valence-corrected chi connectivity index (χ0v) is 10.5. The van der Waals surface area contributed by atoms with E-state index in [0.29, 0.717) is 16.9 Å². The molecule has 0 atom stereocenters. The molecule has 0 radical (unpaired) electrons. The van der Waals surface area contributed by atoms with E-state index < -0.39 is 0 Å². The van der Waals surface area contributed by atoms with Crippen molar-refractivity contribution in [3.8, 4) is 0 Å². The van der Waals surface area contributed by atoms with Crippen molar-refractivity contribution in [1.82, 2.24) is 0 Å². The molecule has 0 fully saturated rings. The number of amides is 1. The quantitative estimate of drug-likeness (QED) is 0.792. The predicted molar refractivity (Wildman–Crippen MR) is 74.7 cm³/mol. The first-order chi connectivity index (χ1) is 8.58. The number of hydrogen-bond acceptors (Lipinski definition) is 2. The summed E-state index contributed by atoms with van der Waals surface area (Å²) in [5, 5.41) is 2.81. The Kier molecular flexibility index (Phi) is 3.33. The maximum absolute atomic E-state index is 12.1. The highest BCUT2D eigenvalue weighted by molar-refractivity contribution is 6.05. The van der Waals surface area contributed by atoms with Gasteiger partial charge in [-0.2, -0.15) is 0 Å². The molecule has 0 heterocycles. The molecule has 1 amide bonds. The number of nitrogen functional groups attached to an aromatic ring is 1. The van der Waals surface area contributed by atoms with Crippen molar-refractivity contribution in [2.45, 2.75) is 13.8 Å². The van der Waals surface area contributed by atoms with Gasteiger partial charge in [0.05, 0.1) is 11.4 Å². The maximum atomic E-state index is 12.1. The van der Waals surface area contributed by atoms with E-state index in [1.807, 2.05) is 44.2 Å². The summed E-state index contributed by atoms with van der Waals surface area (Å²) in [5.41, 5.74) is 9.90. The first kappa shape index (κ1) is 12.2. The Labute approximate surface area is 107 Å². The van der Waals surface area contributed by atoms with E-state index in [1.54, 1.807) is 12.1 Å². The second kappa shape index (κ2) is 4.92. The van der Waals surface area contributed by atoms with Gasteiger partial charge in [0.15, 0.2) is 0 Å². The lowest BCUT2D eigenvalue weighted by molar-refractivity contribution is 0.102. The van der Waals surface area contributed by atoms with Crippen molar-refractivity contribution in [2.24, 2.45) is 0 Å². The Balaban J connectivity index is 2.22. The molecule has 0 saturated carbocycles. The largest absolute Gasteiger partial charge is 0.397 e. The van der Waals surface area contributed by atoms with E-state index >= 15 is 0 Å². The normalized spacial score (nSPS) is 10.1. The molecule has 0 aliphatic carbocycles. The van der Waals surface area contributed by atoms with Crippen LogP contribution in [0.25, 0.3) is 0 Å². The molecular formula is C15H16N2O. The third-order valence-corrected chi connectivity index (χ3v) is 2.98. The molecule has 2 aromatic rings. The van der Waals surface area contributed by atoms with E-state index in [4.69, 9.17) is 5.73 Å². The minimum Gasteiger partial charge on any atom is -0.397 e. The van der Waals surface area contributed by atoms with Gasteiger partial charge in [0, 0.05) is 5.56 Å². The van der Waals surface area contributed by atoms with Gasteiger partial charge in [-0.05, 0) is 49.2 Å². The third-order valence-electron chi connectivity index (χ3n) is 2.98. The van der Waals surface area contributed by atoms with E-state index in [0.717, 1.165) is 5.56 Å². The first-order valence-corrected chi connectivity index (χ1v) is 5.81. The fourth-order valence-corrected chi connectivity index (χ4v) is 1.69. The summed E-state index contributed by atoms with van der Waals surface area (Å²) < 4.78 is 0. The molecule has 0 saturated heterocycles. The summed E-state index contributed by atoms with van der Waals surface area (Å²) in [6.07, 6.45) is 0. The summed E-state index contributed by atoms with van der Waals surface area (Å²) in [5.74, 6) is -0.143. The first-order valence-electron chi connectivity index (χ1n) is 5.81. The molecule has 0 spiro atoms. The standard InChI is InChI=1S/C15H16N2O/c1-10-7-8-12(9-11(10)2)15(18)17-14-6-4-3-5-13(14)16/h3-9H,16H2,1-2H3,(H,17,18). The number of hydrogen-bond donors (Lipinski definition) is 2. The molecule has 3 nitrogen and oxygen atoms in total. The van der Waals surface area contributed by atoms with Crippen LogP contribution in [0.15, 0.2) is 42.5 Å². The zero-order chi connectivity index (χ0) is 13.1. The highest BCUT2D eigenvalue weighted by Gasteiger charge is 2.08. The number of aryl methyl sites for hydroxylation is 2. The van der Waals surface area contributed by atoms with Gasteiger partial charge in [0.2, 0.25) is 0 Å². The molecule has 0 aromatic heterocycles. The van der Waals surface area contributed by atoms with Crippen molar-refractivity contribution in [1.29, 1.82) is 0 Å². The van der Waals surface area contributed by atoms with Crippen LogP contribution in [0.3, 0.4) is 0 Å². The monoisotopic (exact) mass is 240 g/mol. The maximum Gasteiger partial charge on any atom is 0.255 e. The van der Waals surface area contributed by atoms with Crippen LogP contribution in [0, 0.1) is 13.8 Å². The highest BCUT2D eigenvalue weighted by Crippen LogP contribution is 2.18. The molecule has 0 bridgehead atoms. The van der Waals surface area contributed by atoms with Crippen LogP contribution in [0.2, 0.25) is 0 Å². The van der Waals surface area contributed by atoms with Gasteiger partial charge in [-0.3, -0.25) is 4.79 Å². The average molecular weight is 240 g/mol. The minimum absolute atomic E-state index is 0.143. The second-order valence-corrected chi connectivity index (χ2v) is 4.34.